The summed E-state index contributed by atoms with van der Waals surface area (Å²) in [5, 5.41) is 4.50. The van der Waals surface area contributed by atoms with E-state index in [2.05, 4.69) is 19.9 Å². The monoisotopic (exact) mass is 465 g/mol. The minimum absolute atomic E-state index is 0.169. The van der Waals surface area contributed by atoms with E-state index in [1.807, 2.05) is 30.3 Å². The van der Waals surface area contributed by atoms with E-state index in [1.54, 1.807) is 24.6 Å². The fraction of sp³-hybridized carbons (Fsp3) is 0.208. The van der Waals surface area contributed by atoms with E-state index < -0.39 is 0 Å². The Labute approximate surface area is 194 Å². The Morgan fingerprint density at radius 3 is 2.45 bits per heavy atom. The van der Waals surface area contributed by atoms with Crippen molar-refractivity contribution in [3.63, 3.8) is 0 Å². The Bertz CT molecular complexity index is 1300. The van der Waals surface area contributed by atoms with Crippen molar-refractivity contribution in [1.82, 2.24) is 19.7 Å². The quantitative estimate of drug-likeness (QED) is 0.444. The lowest BCUT2D eigenvalue weighted by molar-refractivity contribution is 0.247. The largest absolute Gasteiger partial charge is 0.444 e. The highest BCUT2D eigenvalue weighted by Crippen LogP contribution is 2.24. The van der Waals surface area contributed by atoms with Gasteiger partial charge in [0.15, 0.2) is 0 Å². The number of hydrogen-bond donors (Lipinski definition) is 0. The summed E-state index contributed by atoms with van der Waals surface area (Å²) in [7, 11) is 0. The van der Waals surface area contributed by atoms with Crippen LogP contribution in [0.3, 0.4) is 0 Å². The van der Waals surface area contributed by atoms with Gasteiger partial charge in [-0.3, -0.25) is 9.69 Å². The number of aromatic nitrogens is 3. The minimum Gasteiger partial charge on any atom is -0.444 e. The molecule has 1 aliphatic rings. The van der Waals surface area contributed by atoms with Crippen LogP contribution in [0.5, 0.6) is 0 Å². The average molecular weight is 466 g/mol. The number of hydrogen-bond acceptors (Lipinski definition) is 6. The minimum atomic E-state index is -0.335. The van der Waals surface area contributed by atoms with Crippen LogP contribution in [-0.4, -0.2) is 45.8 Å². The molecule has 168 valence electrons. The fourth-order valence-corrected chi connectivity index (χ4v) is 4.13. The Morgan fingerprint density at radius 2 is 1.73 bits per heavy atom. The van der Waals surface area contributed by atoms with E-state index in [4.69, 9.17) is 16.0 Å². The van der Waals surface area contributed by atoms with E-state index in [0.29, 0.717) is 36.9 Å². The second-order valence-corrected chi connectivity index (χ2v) is 8.19. The molecule has 0 bridgehead atoms. The molecule has 7 nitrogen and oxygen atoms in total. The van der Waals surface area contributed by atoms with Crippen LogP contribution >= 0.6 is 11.6 Å². The van der Waals surface area contributed by atoms with Gasteiger partial charge in [0.05, 0.1) is 23.3 Å². The Kier molecular flexibility index (Phi) is 5.93. The average Bonchev–Trinajstić information content (AvgIpc) is 3.31. The van der Waals surface area contributed by atoms with Gasteiger partial charge < -0.3 is 9.32 Å². The molecule has 9 heteroatoms. The molecule has 0 unspecified atom stereocenters. The molecule has 0 N–H and O–H groups in total. The number of piperazine rings is 1. The first kappa shape index (κ1) is 21.4. The predicted octanol–water partition coefficient (Wildman–Crippen LogP) is 4.00. The highest BCUT2D eigenvalue weighted by Gasteiger charge is 2.22. The third kappa shape index (κ3) is 4.53. The molecule has 0 radical (unpaired) electrons. The fourth-order valence-electron chi connectivity index (χ4n) is 3.88. The summed E-state index contributed by atoms with van der Waals surface area (Å²) in [6, 6.07) is 15.3. The van der Waals surface area contributed by atoms with E-state index in [9.17, 15) is 9.18 Å². The van der Waals surface area contributed by atoms with E-state index >= 15 is 0 Å². The normalized spacial score (nSPS) is 14.5. The number of benzene rings is 2. The van der Waals surface area contributed by atoms with Crippen molar-refractivity contribution in [3.05, 3.63) is 93.9 Å². The van der Waals surface area contributed by atoms with Gasteiger partial charge in [0.1, 0.15) is 17.1 Å². The van der Waals surface area contributed by atoms with Gasteiger partial charge in [-0.05, 0) is 36.4 Å². The molecule has 5 rings (SSSR count). The topological polar surface area (TPSA) is 67.4 Å². The zero-order valence-electron chi connectivity index (χ0n) is 17.7. The molecule has 4 aromatic rings. The third-order valence-corrected chi connectivity index (χ3v) is 6.00. The molecule has 0 atom stereocenters. The molecule has 33 heavy (non-hydrogen) atoms. The Hall–Kier alpha value is -3.49. The lowest BCUT2D eigenvalue weighted by Crippen LogP contribution is -2.46. The van der Waals surface area contributed by atoms with Gasteiger partial charge in [-0.2, -0.15) is 9.78 Å². The smallest absolute Gasteiger partial charge is 0.292 e. The van der Waals surface area contributed by atoms with Crippen molar-refractivity contribution in [2.45, 2.75) is 6.54 Å². The standard InChI is InChI=1S/C24H21ClFN5O2/c25-22-21(14-27-31(24(22)32)20-4-2-1-3-5-20)30-12-10-29(11-13-30)15-19-16-33-23(28-19)17-6-8-18(26)9-7-17/h1-9,14,16H,10-13,15H2. The Morgan fingerprint density at radius 1 is 1.00 bits per heavy atom. The van der Waals surface area contributed by atoms with E-state index in [0.717, 1.165) is 24.3 Å². The van der Waals surface area contributed by atoms with Crippen LogP contribution in [0, 0.1) is 5.82 Å². The summed E-state index contributed by atoms with van der Waals surface area (Å²) >= 11 is 6.44. The lowest BCUT2D eigenvalue weighted by atomic mass is 10.2. The molecule has 1 aliphatic heterocycles. The van der Waals surface area contributed by atoms with Crippen LogP contribution in [0.4, 0.5) is 10.1 Å². The molecule has 2 aromatic heterocycles. The molecular weight excluding hydrogens is 445 g/mol. The number of nitrogens with zero attached hydrogens (tertiary/aromatic N) is 5. The second kappa shape index (κ2) is 9.17. The van der Waals surface area contributed by atoms with Crippen molar-refractivity contribution in [1.29, 1.82) is 0 Å². The molecule has 1 saturated heterocycles. The van der Waals surface area contributed by atoms with Crippen LogP contribution in [0.25, 0.3) is 17.1 Å². The molecule has 1 fully saturated rings. The first-order chi connectivity index (χ1) is 16.1. The maximum Gasteiger partial charge on any atom is 0.292 e. The number of rotatable bonds is 5. The molecule has 3 heterocycles. The zero-order chi connectivity index (χ0) is 22.8. The van der Waals surface area contributed by atoms with Gasteiger partial charge in [0, 0.05) is 38.3 Å². The highest BCUT2D eigenvalue weighted by atomic mass is 35.5. The lowest BCUT2D eigenvalue weighted by Gasteiger charge is -2.35. The SMILES string of the molecule is O=c1c(Cl)c(N2CCN(Cc3coc(-c4ccc(F)cc4)n3)CC2)cnn1-c1ccccc1. The van der Waals surface area contributed by atoms with Gasteiger partial charge in [-0.15, -0.1) is 0 Å². The molecule has 0 aliphatic carbocycles. The van der Waals surface area contributed by atoms with Crippen molar-refractivity contribution < 1.29 is 8.81 Å². The van der Waals surface area contributed by atoms with E-state index in [-0.39, 0.29) is 16.4 Å². The summed E-state index contributed by atoms with van der Waals surface area (Å²) < 4.78 is 20.0. The van der Waals surface area contributed by atoms with Crippen LogP contribution in [0.15, 0.2) is 76.3 Å². The van der Waals surface area contributed by atoms with Gasteiger partial charge >= 0.3 is 0 Å². The molecule has 2 aromatic carbocycles. The van der Waals surface area contributed by atoms with Crippen LogP contribution in [-0.2, 0) is 6.54 Å². The molecule has 0 amide bonds. The molecule has 0 spiro atoms. The summed E-state index contributed by atoms with van der Waals surface area (Å²) in [5.41, 5.74) is 2.54. The van der Waals surface area contributed by atoms with Crippen molar-refractivity contribution >= 4 is 17.3 Å². The number of para-hydroxylation sites is 1. The molecular formula is C24H21ClFN5O2. The van der Waals surface area contributed by atoms with Gasteiger partial charge in [-0.1, -0.05) is 29.8 Å². The Balaban J connectivity index is 1.23. The number of halogens is 2. The van der Waals surface area contributed by atoms with Crippen molar-refractivity contribution in [3.8, 4) is 17.1 Å². The van der Waals surface area contributed by atoms with Gasteiger partial charge in [0.2, 0.25) is 5.89 Å². The van der Waals surface area contributed by atoms with Gasteiger partial charge in [0.25, 0.3) is 5.56 Å². The first-order valence-corrected chi connectivity index (χ1v) is 11.0. The van der Waals surface area contributed by atoms with Crippen LogP contribution < -0.4 is 10.5 Å². The second-order valence-electron chi connectivity index (χ2n) is 7.81. The predicted molar refractivity (Wildman–Crippen MR) is 124 cm³/mol. The van der Waals surface area contributed by atoms with Crippen molar-refractivity contribution in [2.75, 3.05) is 31.1 Å². The third-order valence-electron chi connectivity index (χ3n) is 5.64. The first-order valence-electron chi connectivity index (χ1n) is 10.6. The highest BCUT2D eigenvalue weighted by molar-refractivity contribution is 6.33. The van der Waals surface area contributed by atoms with Crippen molar-refractivity contribution in [2.24, 2.45) is 0 Å². The summed E-state index contributed by atoms with van der Waals surface area (Å²) in [6.07, 6.45) is 3.29. The zero-order valence-corrected chi connectivity index (χ0v) is 18.5. The van der Waals surface area contributed by atoms with Gasteiger partial charge in [-0.25, -0.2) is 9.37 Å². The van der Waals surface area contributed by atoms with Crippen LogP contribution in [0.2, 0.25) is 5.02 Å². The summed E-state index contributed by atoms with van der Waals surface area (Å²) in [6.45, 7) is 3.60. The maximum atomic E-state index is 13.1. The van der Waals surface area contributed by atoms with E-state index in [1.165, 1.54) is 16.8 Å². The summed E-state index contributed by atoms with van der Waals surface area (Å²) in [4.78, 5) is 21.6. The summed E-state index contributed by atoms with van der Waals surface area (Å²) in [5.74, 6) is 0.177. The number of anilines is 1. The maximum absolute atomic E-state index is 13.1. The number of oxazole rings is 1. The molecule has 0 saturated carbocycles. The van der Waals surface area contributed by atoms with Crippen LogP contribution in [0.1, 0.15) is 5.69 Å².